The predicted octanol–water partition coefficient (Wildman–Crippen LogP) is 2.95. The van der Waals surface area contributed by atoms with E-state index < -0.39 is 0 Å². The molecule has 94 valence electrons. The van der Waals surface area contributed by atoms with Gasteiger partial charge in [0.05, 0.1) is 6.26 Å². The Morgan fingerprint density at radius 1 is 1.22 bits per heavy atom. The number of amides is 2. The minimum Gasteiger partial charge on any atom is -0.469 e. The molecule has 0 radical (unpaired) electrons. The summed E-state index contributed by atoms with van der Waals surface area (Å²) in [7, 11) is 0. The fraction of sp³-hybridized carbons (Fsp3) is 0.214. The molecule has 0 saturated heterocycles. The van der Waals surface area contributed by atoms with Crippen LogP contribution in [0.5, 0.6) is 0 Å². The van der Waals surface area contributed by atoms with Gasteiger partial charge in [-0.25, -0.2) is 4.79 Å². The largest absolute Gasteiger partial charge is 0.469 e. The third-order valence-corrected chi connectivity index (χ3v) is 2.55. The second-order valence-electron chi connectivity index (χ2n) is 4.08. The maximum Gasteiger partial charge on any atom is 0.319 e. The lowest BCUT2D eigenvalue weighted by Gasteiger charge is -2.07. The Balaban J connectivity index is 1.73. The van der Waals surface area contributed by atoms with Crippen LogP contribution in [0.25, 0.3) is 0 Å². The zero-order valence-corrected chi connectivity index (χ0v) is 10.3. The zero-order chi connectivity index (χ0) is 12.8. The number of anilines is 1. The number of urea groups is 1. The normalized spacial score (nSPS) is 10.1. The van der Waals surface area contributed by atoms with Gasteiger partial charge in [0.25, 0.3) is 0 Å². The number of carbonyl (C=O) groups excluding carboxylic acids is 1. The lowest BCUT2D eigenvalue weighted by Crippen LogP contribution is -2.30. The molecule has 1 aromatic carbocycles. The van der Waals surface area contributed by atoms with Crippen LogP contribution >= 0.6 is 0 Å². The predicted molar refractivity (Wildman–Crippen MR) is 70.6 cm³/mol. The zero-order valence-electron chi connectivity index (χ0n) is 10.3. The molecule has 0 aliphatic rings. The van der Waals surface area contributed by atoms with Crippen molar-refractivity contribution in [3.8, 4) is 0 Å². The van der Waals surface area contributed by atoms with Crippen molar-refractivity contribution in [2.24, 2.45) is 0 Å². The molecule has 0 aliphatic carbocycles. The Kier molecular flexibility index (Phi) is 4.02. The number of carbonyl (C=O) groups is 1. The molecule has 2 aromatic rings. The average molecular weight is 244 g/mol. The molecule has 0 atom stereocenters. The lowest BCUT2D eigenvalue weighted by atomic mass is 10.2. The number of rotatable bonds is 4. The van der Waals surface area contributed by atoms with Gasteiger partial charge in [-0.05, 0) is 31.2 Å². The SMILES string of the molecule is Cc1ccc(NC(=O)NCCc2ccco2)cc1. The van der Waals surface area contributed by atoms with Crippen molar-refractivity contribution in [3.63, 3.8) is 0 Å². The summed E-state index contributed by atoms with van der Waals surface area (Å²) in [6.45, 7) is 2.55. The minimum absolute atomic E-state index is 0.203. The summed E-state index contributed by atoms with van der Waals surface area (Å²) in [5.41, 5.74) is 1.95. The van der Waals surface area contributed by atoms with Crippen LogP contribution in [-0.2, 0) is 6.42 Å². The van der Waals surface area contributed by atoms with E-state index in [9.17, 15) is 4.79 Å². The number of aryl methyl sites for hydroxylation is 1. The van der Waals surface area contributed by atoms with Gasteiger partial charge in [-0.15, -0.1) is 0 Å². The molecule has 1 aromatic heterocycles. The van der Waals surface area contributed by atoms with Crippen LogP contribution < -0.4 is 10.6 Å². The van der Waals surface area contributed by atoms with E-state index in [1.807, 2.05) is 43.3 Å². The molecule has 2 N–H and O–H groups in total. The highest BCUT2D eigenvalue weighted by Crippen LogP contribution is 2.08. The smallest absolute Gasteiger partial charge is 0.319 e. The summed E-state index contributed by atoms with van der Waals surface area (Å²) in [6.07, 6.45) is 2.32. The monoisotopic (exact) mass is 244 g/mol. The minimum atomic E-state index is -0.203. The van der Waals surface area contributed by atoms with Crippen molar-refractivity contribution in [2.75, 3.05) is 11.9 Å². The number of hydrogen-bond donors (Lipinski definition) is 2. The fourth-order valence-corrected chi connectivity index (χ4v) is 1.57. The Labute approximate surface area is 106 Å². The molecular formula is C14H16N2O2. The highest BCUT2D eigenvalue weighted by atomic mass is 16.3. The van der Waals surface area contributed by atoms with Gasteiger partial charge in [0.1, 0.15) is 5.76 Å². The Morgan fingerprint density at radius 3 is 2.67 bits per heavy atom. The second kappa shape index (κ2) is 5.91. The summed E-state index contributed by atoms with van der Waals surface area (Å²) < 4.78 is 5.18. The first-order valence-corrected chi connectivity index (χ1v) is 5.88. The van der Waals surface area contributed by atoms with Gasteiger partial charge in [-0.2, -0.15) is 0 Å². The highest BCUT2D eigenvalue weighted by molar-refractivity contribution is 5.89. The standard InChI is InChI=1S/C14H16N2O2/c1-11-4-6-12(7-5-11)16-14(17)15-9-8-13-3-2-10-18-13/h2-7,10H,8-9H2,1H3,(H2,15,16,17). The highest BCUT2D eigenvalue weighted by Gasteiger charge is 2.01. The summed E-state index contributed by atoms with van der Waals surface area (Å²) in [5.74, 6) is 0.866. The molecule has 4 nitrogen and oxygen atoms in total. The summed E-state index contributed by atoms with van der Waals surface area (Å²) in [4.78, 5) is 11.6. The molecule has 0 saturated carbocycles. The summed E-state index contributed by atoms with van der Waals surface area (Å²) >= 11 is 0. The van der Waals surface area contributed by atoms with E-state index in [0.29, 0.717) is 13.0 Å². The molecule has 2 amide bonds. The number of benzene rings is 1. The average Bonchev–Trinajstić information content (AvgIpc) is 2.85. The number of nitrogens with one attached hydrogen (secondary N) is 2. The summed E-state index contributed by atoms with van der Waals surface area (Å²) in [6, 6.07) is 11.2. The van der Waals surface area contributed by atoms with Gasteiger partial charge in [-0.3, -0.25) is 0 Å². The first-order chi connectivity index (χ1) is 8.74. The van der Waals surface area contributed by atoms with Gasteiger partial charge in [0.15, 0.2) is 0 Å². The van der Waals surface area contributed by atoms with E-state index in [4.69, 9.17) is 4.42 Å². The van der Waals surface area contributed by atoms with Gasteiger partial charge < -0.3 is 15.1 Å². The van der Waals surface area contributed by atoms with Crippen molar-refractivity contribution in [1.82, 2.24) is 5.32 Å². The molecule has 4 heteroatoms. The molecule has 0 fully saturated rings. The van der Waals surface area contributed by atoms with Crippen LogP contribution in [0.3, 0.4) is 0 Å². The first kappa shape index (κ1) is 12.2. The van der Waals surface area contributed by atoms with Crippen molar-refractivity contribution in [2.45, 2.75) is 13.3 Å². The van der Waals surface area contributed by atoms with Gasteiger partial charge in [0, 0.05) is 18.7 Å². The molecule has 18 heavy (non-hydrogen) atoms. The van der Waals surface area contributed by atoms with Crippen molar-refractivity contribution >= 4 is 11.7 Å². The molecule has 0 bridgehead atoms. The third kappa shape index (κ3) is 3.66. The van der Waals surface area contributed by atoms with Crippen LogP contribution in [0.1, 0.15) is 11.3 Å². The molecule has 0 spiro atoms. The van der Waals surface area contributed by atoms with E-state index in [1.54, 1.807) is 6.26 Å². The fourth-order valence-electron chi connectivity index (χ4n) is 1.57. The first-order valence-electron chi connectivity index (χ1n) is 5.88. The summed E-state index contributed by atoms with van der Waals surface area (Å²) in [5, 5.41) is 5.54. The van der Waals surface area contributed by atoms with Crippen LogP contribution in [0.2, 0.25) is 0 Å². The van der Waals surface area contributed by atoms with Crippen molar-refractivity contribution < 1.29 is 9.21 Å². The topological polar surface area (TPSA) is 54.3 Å². The van der Waals surface area contributed by atoms with Crippen LogP contribution in [0.4, 0.5) is 10.5 Å². The van der Waals surface area contributed by atoms with E-state index in [0.717, 1.165) is 11.4 Å². The van der Waals surface area contributed by atoms with Gasteiger partial charge >= 0.3 is 6.03 Å². The second-order valence-corrected chi connectivity index (χ2v) is 4.08. The van der Waals surface area contributed by atoms with Crippen molar-refractivity contribution in [1.29, 1.82) is 0 Å². The third-order valence-electron chi connectivity index (χ3n) is 2.55. The quantitative estimate of drug-likeness (QED) is 0.868. The number of hydrogen-bond acceptors (Lipinski definition) is 2. The Hall–Kier alpha value is -2.23. The van der Waals surface area contributed by atoms with Gasteiger partial charge in [-0.1, -0.05) is 17.7 Å². The van der Waals surface area contributed by atoms with E-state index in [2.05, 4.69) is 10.6 Å². The lowest BCUT2D eigenvalue weighted by molar-refractivity contribution is 0.252. The van der Waals surface area contributed by atoms with E-state index in [1.165, 1.54) is 5.56 Å². The molecular weight excluding hydrogens is 228 g/mol. The Bertz CT molecular complexity index is 489. The maximum atomic E-state index is 11.6. The van der Waals surface area contributed by atoms with Crippen LogP contribution in [0, 0.1) is 6.92 Å². The number of furan rings is 1. The molecule has 0 unspecified atom stereocenters. The van der Waals surface area contributed by atoms with Crippen molar-refractivity contribution in [3.05, 3.63) is 54.0 Å². The molecule has 1 heterocycles. The molecule has 2 rings (SSSR count). The molecule has 0 aliphatic heterocycles. The van der Waals surface area contributed by atoms with Gasteiger partial charge in [0.2, 0.25) is 0 Å². The van der Waals surface area contributed by atoms with Crippen LogP contribution in [0.15, 0.2) is 47.1 Å². The van der Waals surface area contributed by atoms with E-state index in [-0.39, 0.29) is 6.03 Å². The maximum absolute atomic E-state index is 11.6. The van der Waals surface area contributed by atoms with Crippen LogP contribution in [-0.4, -0.2) is 12.6 Å². The Morgan fingerprint density at radius 2 is 2.00 bits per heavy atom. The van der Waals surface area contributed by atoms with E-state index >= 15 is 0 Å².